The van der Waals surface area contributed by atoms with Crippen molar-refractivity contribution < 1.29 is 27.9 Å². The number of amides is 1. The van der Waals surface area contributed by atoms with Crippen LogP contribution in [-0.2, 0) is 28.3 Å². The smallest absolute Gasteiger partial charge is 0.416 e. The minimum atomic E-state index is -4.63. The van der Waals surface area contributed by atoms with Gasteiger partial charge in [0, 0.05) is 18.9 Å². The van der Waals surface area contributed by atoms with Gasteiger partial charge in [-0.05, 0) is 73.1 Å². The van der Waals surface area contributed by atoms with Gasteiger partial charge in [-0.2, -0.15) is 13.2 Å². The predicted octanol–water partition coefficient (Wildman–Crippen LogP) is 3.82. The number of carboxylic acids is 1. The number of carbonyl (C=O) groups excluding carboxylic acids is 1. The number of aromatic nitrogens is 2. The molecule has 3 aliphatic rings. The molecule has 2 aliphatic carbocycles. The summed E-state index contributed by atoms with van der Waals surface area (Å²) in [5.74, 6) is -1.61. The van der Waals surface area contributed by atoms with E-state index in [1.165, 1.54) is 12.1 Å². The molecular formula is C28H24F3N3O5. The van der Waals surface area contributed by atoms with Crippen molar-refractivity contribution in [3.05, 3.63) is 91.3 Å². The van der Waals surface area contributed by atoms with Crippen LogP contribution in [0, 0.1) is 0 Å². The van der Waals surface area contributed by atoms with Gasteiger partial charge in [0.2, 0.25) is 5.91 Å². The van der Waals surface area contributed by atoms with Crippen LogP contribution in [0.5, 0.6) is 0 Å². The molecule has 1 N–H and O–H groups in total. The predicted molar refractivity (Wildman–Crippen MR) is 135 cm³/mol. The van der Waals surface area contributed by atoms with Gasteiger partial charge in [0.1, 0.15) is 5.56 Å². The van der Waals surface area contributed by atoms with Crippen LogP contribution in [0.25, 0.3) is 5.69 Å². The molecule has 0 saturated heterocycles. The normalized spacial score (nSPS) is 20.8. The lowest BCUT2D eigenvalue weighted by Crippen LogP contribution is -2.52. The maximum absolute atomic E-state index is 14.0. The lowest BCUT2D eigenvalue weighted by Gasteiger charge is -2.32. The molecule has 2 aromatic carbocycles. The largest absolute Gasteiger partial charge is 0.477 e. The zero-order chi connectivity index (χ0) is 28.1. The first-order chi connectivity index (χ1) is 18.4. The molecule has 1 saturated carbocycles. The van der Waals surface area contributed by atoms with E-state index in [4.69, 9.17) is 0 Å². The summed E-state index contributed by atoms with van der Waals surface area (Å²) in [7, 11) is 1.67. The van der Waals surface area contributed by atoms with Crippen molar-refractivity contribution >= 4 is 17.6 Å². The van der Waals surface area contributed by atoms with Crippen LogP contribution in [0.4, 0.5) is 18.9 Å². The lowest BCUT2D eigenvalue weighted by atomic mass is 9.87. The van der Waals surface area contributed by atoms with Gasteiger partial charge < -0.3 is 10.0 Å². The first-order valence-electron chi connectivity index (χ1n) is 12.6. The van der Waals surface area contributed by atoms with E-state index in [1.54, 1.807) is 37.1 Å². The maximum Gasteiger partial charge on any atom is 0.416 e. The van der Waals surface area contributed by atoms with Crippen molar-refractivity contribution in [2.45, 2.75) is 56.2 Å². The third kappa shape index (κ3) is 3.25. The first kappa shape index (κ1) is 25.1. The second kappa shape index (κ2) is 7.93. The van der Waals surface area contributed by atoms with Gasteiger partial charge >= 0.3 is 17.8 Å². The number of benzene rings is 2. The average molecular weight is 540 g/mol. The van der Waals surface area contributed by atoms with Gasteiger partial charge in [0.05, 0.1) is 22.2 Å². The summed E-state index contributed by atoms with van der Waals surface area (Å²) in [6, 6.07) is 8.58. The number of hydrogen-bond acceptors (Lipinski definition) is 4. The number of aromatic carboxylic acids is 1. The molecule has 1 atom stereocenters. The number of nitrogens with zero attached hydrogens (tertiary/aromatic N) is 3. The SMILES string of the molecule is CC[C@@]1(n2c(=O)c(C(=O)O)cn(-c3ccc4c(c3)C3(CC3)C(=O)N4C)c2=O)CCc2c(C(F)(F)F)cccc21. The monoisotopic (exact) mass is 539 g/mol. The van der Waals surface area contributed by atoms with Crippen molar-refractivity contribution in [2.75, 3.05) is 11.9 Å². The van der Waals surface area contributed by atoms with Crippen molar-refractivity contribution in [3.8, 4) is 5.69 Å². The fraction of sp³-hybridized carbons (Fsp3) is 0.357. The molecule has 1 aliphatic heterocycles. The fourth-order valence-electron chi connectivity index (χ4n) is 6.55. The molecule has 0 unspecified atom stereocenters. The molecule has 2 heterocycles. The highest BCUT2D eigenvalue weighted by Crippen LogP contribution is 2.57. The maximum atomic E-state index is 14.0. The molecule has 39 heavy (non-hydrogen) atoms. The summed E-state index contributed by atoms with van der Waals surface area (Å²) >= 11 is 0. The zero-order valence-corrected chi connectivity index (χ0v) is 21.1. The van der Waals surface area contributed by atoms with Gasteiger partial charge in [-0.1, -0.05) is 19.1 Å². The average Bonchev–Trinajstić information content (AvgIpc) is 3.58. The van der Waals surface area contributed by atoms with Crippen molar-refractivity contribution in [3.63, 3.8) is 0 Å². The van der Waals surface area contributed by atoms with Crippen LogP contribution in [0.3, 0.4) is 0 Å². The number of carboxylic acid groups (broad SMARTS) is 1. The molecule has 0 bridgehead atoms. The number of hydrogen-bond donors (Lipinski definition) is 1. The molecule has 1 spiro atoms. The van der Waals surface area contributed by atoms with Crippen LogP contribution in [0.1, 0.15) is 65.2 Å². The Morgan fingerprint density at radius 1 is 1.05 bits per heavy atom. The summed E-state index contributed by atoms with van der Waals surface area (Å²) in [6.45, 7) is 1.66. The highest BCUT2D eigenvalue weighted by Gasteiger charge is 2.58. The minimum Gasteiger partial charge on any atom is -0.477 e. The van der Waals surface area contributed by atoms with E-state index in [2.05, 4.69) is 0 Å². The highest BCUT2D eigenvalue weighted by atomic mass is 19.4. The van der Waals surface area contributed by atoms with Crippen LogP contribution in [0.2, 0.25) is 0 Å². The van der Waals surface area contributed by atoms with Crippen molar-refractivity contribution in [1.29, 1.82) is 0 Å². The number of likely N-dealkylation sites (N-methyl/N-ethyl adjacent to an activating group) is 1. The molecule has 202 valence electrons. The van der Waals surface area contributed by atoms with Gasteiger partial charge in [0.25, 0.3) is 5.56 Å². The first-order valence-corrected chi connectivity index (χ1v) is 12.6. The molecule has 11 heteroatoms. The molecule has 6 rings (SSSR count). The number of anilines is 1. The second-order valence-electron chi connectivity index (χ2n) is 10.5. The summed E-state index contributed by atoms with van der Waals surface area (Å²) in [4.78, 5) is 54.1. The third-order valence-electron chi connectivity index (χ3n) is 8.70. The van der Waals surface area contributed by atoms with Crippen LogP contribution in [-0.4, -0.2) is 33.2 Å². The number of rotatable bonds is 4. The Morgan fingerprint density at radius 3 is 2.38 bits per heavy atom. The van der Waals surface area contributed by atoms with E-state index < -0.39 is 45.5 Å². The number of alkyl halides is 3. The Labute approximate surface area is 219 Å². The molecule has 3 aromatic rings. The highest BCUT2D eigenvalue weighted by molar-refractivity contribution is 6.10. The molecule has 8 nitrogen and oxygen atoms in total. The van der Waals surface area contributed by atoms with E-state index in [-0.39, 0.29) is 42.0 Å². The van der Waals surface area contributed by atoms with Crippen molar-refractivity contribution in [1.82, 2.24) is 9.13 Å². The zero-order valence-electron chi connectivity index (χ0n) is 21.1. The number of halogens is 3. The van der Waals surface area contributed by atoms with E-state index in [9.17, 15) is 37.5 Å². The van der Waals surface area contributed by atoms with Gasteiger partial charge in [-0.15, -0.1) is 0 Å². The standard InChI is InChI=1S/C28H24F3N3O5/c1-3-27(10-9-16-18(27)5-4-6-19(16)28(29,30)31)34-22(35)17(23(36)37)14-33(25(34)39)15-7-8-21-20(13-15)26(11-12-26)24(38)32(21)2/h4-8,13-14H,3,9-12H2,1-2H3,(H,36,37)/t27-/m1/s1. The minimum absolute atomic E-state index is 0.000170. The topological polar surface area (TPSA) is 102 Å². The Balaban J connectivity index is 1.62. The van der Waals surface area contributed by atoms with Gasteiger partial charge in [-0.25, -0.2) is 14.2 Å². The molecule has 1 aromatic heterocycles. The van der Waals surface area contributed by atoms with E-state index in [0.717, 1.165) is 27.0 Å². The van der Waals surface area contributed by atoms with E-state index in [1.807, 2.05) is 0 Å². The fourth-order valence-corrected chi connectivity index (χ4v) is 6.55. The lowest BCUT2D eigenvalue weighted by molar-refractivity contribution is -0.138. The van der Waals surface area contributed by atoms with Crippen molar-refractivity contribution in [2.24, 2.45) is 0 Å². The number of fused-ring (bicyclic) bond motifs is 3. The van der Waals surface area contributed by atoms with Crippen LogP contribution >= 0.6 is 0 Å². The summed E-state index contributed by atoms with van der Waals surface area (Å²) in [5, 5.41) is 9.89. The molecule has 1 amide bonds. The Kier molecular flexibility index (Phi) is 5.12. The number of carbonyl (C=O) groups is 2. The quantitative estimate of drug-likeness (QED) is 0.543. The third-order valence-corrected chi connectivity index (χ3v) is 8.70. The Morgan fingerprint density at radius 2 is 1.77 bits per heavy atom. The van der Waals surface area contributed by atoms with E-state index >= 15 is 0 Å². The van der Waals surface area contributed by atoms with Gasteiger partial charge in [-0.3, -0.25) is 14.2 Å². The second-order valence-corrected chi connectivity index (χ2v) is 10.5. The Hall–Kier alpha value is -4.15. The molecular weight excluding hydrogens is 515 g/mol. The summed E-state index contributed by atoms with van der Waals surface area (Å²) < 4.78 is 43.3. The molecule has 1 fully saturated rings. The Bertz CT molecular complexity index is 1720. The summed E-state index contributed by atoms with van der Waals surface area (Å²) in [6.07, 6.45) is -2.29. The van der Waals surface area contributed by atoms with Gasteiger partial charge in [0.15, 0.2) is 0 Å². The molecule has 0 radical (unpaired) electrons. The van der Waals surface area contributed by atoms with Crippen LogP contribution < -0.4 is 16.1 Å². The summed E-state index contributed by atoms with van der Waals surface area (Å²) in [5.41, 5.74) is -3.73. The van der Waals surface area contributed by atoms with E-state index in [0.29, 0.717) is 18.5 Å². The van der Waals surface area contributed by atoms with Crippen LogP contribution in [0.15, 0.2) is 52.2 Å².